The Hall–Kier alpha value is -0.640. The molecule has 1 amide bonds. The molecule has 0 saturated carbocycles. The summed E-state index contributed by atoms with van der Waals surface area (Å²) in [5, 5.41) is 7.74. The van der Waals surface area contributed by atoms with Gasteiger partial charge < -0.3 is 14.7 Å². The van der Waals surface area contributed by atoms with Crippen molar-refractivity contribution < 1.29 is 14.6 Å². The van der Waals surface area contributed by atoms with Gasteiger partial charge in [-0.3, -0.25) is 0 Å². The van der Waals surface area contributed by atoms with Gasteiger partial charge in [0.2, 0.25) is 0 Å². The SMILES string of the molecule is [B]C([B])(O)CC1CCN(C(=O)OC(C)(C)C)CC1. The molecule has 0 aliphatic carbocycles. The zero-order valence-corrected chi connectivity index (χ0v) is 11.5. The van der Waals surface area contributed by atoms with Crippen LogP contribution < -0.4 is 0 Å². The number of rotatable bonds is 2. The fourth-order valence-electron chi connectivity index (χ4n) is 2.11. The number of amides is 1. The van der Waals surface area contributed by atoms with Crippen LogP contribution in [0.25, 0.3) is 0 Å². The second-order valence-electron chi connectivity index (χ2n) is 6.11. The molecule has 0 aromatic carbocycles. The fraction of sp³-hybridized carbons (Fsp3) is 0.917. The van der Waals surface area contributed by atoms with Crippen LogP contribution in [-0.4, -0.2) is 55.9 Å². The number of ether oxygens (including phenoxy) is 1. The van der Waals surface area contributed by atoms with E-state index in [0.29, 0.717) is 19.5 Å². The van der Waals surface area contributed by atoms with Crippen LogP contribution in [-0.2, 0) is 4.74 Å². The van der Waals surface area contributed by atoms with Crippen LogP contribution in [0, 0.1) is 5.92 Å². The molecule has 18 heavy (non-hydrogen) atoms. The van der Waals surface area contributed by atoms with Crippen molar-refractivity contribution in [1.29, 1.82) is 0 Å². The Kier molecular flexibility index (Phi) is 4.76. The predicted octanol–water partition coefficient (Wildman–Crippen LogP) is 1.01. The summed E-state index contributed by atoms with van der Waals surface area (Å²) in [6.45, 7) is 6.78. The summed E-state index contributed by atoms with van der Waals surface area (Å²) in [7, 11) is 10.7. The first kappa shape index (κ1) is 15.4. The molecular weight excluding hydrogens is 228 g/mol. The highest BCUT2D eigenvalue weighted by atomic mass is 16.6. The van der Waals surface area contributed by atoms with Crippen LogP contribution in [0.1, 0.15) is 40.0 Å². The lowest BCUT2D eigenvalue weighted by molar-refractivity contribution is 0.0167. The molecule has 0 aromatic heterocycles. The highest BCUT2D eigenvalue weighted by molar-refractivity contribution is 6.38. The molecule has 4 radical (unpaired) electrons. The smallest absolute Gasteiger partial charge is 0.410 e. The lowest BCUT2D eigenvalue weighted by Gasteiger charge is -2.35. The average molecular weight is 249 g/mol. The van der Waals surface area contributed by atoms with E-state index in [-0.39, 0.29) is 12.0 Å². The Morgan fingerprint density at radius 2 is 1.83 bits per heavy atom. The number of nitrogens with zero attached hydrogens (tertiary/aromatic N) is 1. The number of hydrogen-bond donors (Lipinski definition) is 1. The minimum Gasteiger partial charge on any atom is -0.444 e. The number of piperidine rings is 1. The zero-order chi connectivity index (χ0) is 14.0. The number of hydrogen-bond acceptors (Lipinski definition) is 3. The summed E-state index contributed by atoms with van der Waals surface area (Å²) in [4.78, 5) is 13.5. The first-order valence-electron chi connectivity index (χ1n) is 6.35. The molecule has 1 aliphatic rings. The van der Waals surface area contributed by atoms with E-state index in [1.807, 2.05) is 20.8 Å². The van der Waals surface area contributed by atoms with Gasteiger partial charge in [0.1, 0.15) is 5.60 Å². The topological polar surface area (TPSA) is 49.8 Å². The van der Waals surface area contributed by atoms with Crippen molar-refractivity contribution in [3.63, 3.8) is 0 Å². The molecule has 6 heteroatoms. The lowest BCUT2D eigenvalue weighted by Crippen LogP contribution is -2.43. The molecule has 0 aromatic rings. The number of aliphatic hydroxyl groups is 1. The van der Waals surface area contributed by atoms with Gasteiger partial charge in [0.15, 0.2) is 0 Å². The van der Waals surface area contributed by atoms with Crippen LogP contribution in [0.15, 0.2) is 0 Å². The molecule has 98 valence electrons. The summed E-state index contributed by atoms with van der Waals surface area (Å²) < 4.78 is 5.30. The summed E-state index contributed by atoms with van der Waals surface area (Å²) in [6, 6.07) is 0. The second-order valence-corrected chi connectivity index (χ2v) is 6.11. The molecular formula is C12H21B2NO3. The quantitative estimate of drug-likeness (QED) is 0.743. The first-order valence-corrected chi connectivity index (χ1v) is 6.35. The van der Waals surface area contributed by atoms with E-state index >= 15 is 0 Å². The summed E-state index contributed by atoms with van der Waals surface area (Å²) in [5.41, 5.74) is -0.470. The zero-order valence-electron chi connectivity index (χ0n) is 11.5. The van der Waals surface area contributed by atoms with Gasteiger partial charge in [0.05, 0.1) is 15.7 Å². The summed E-state index contributed by atoms with van der Waals surface area (Å²) >= 11 is 0. The minimum atomic E-state index is -1.61. The molecule has 1 N–H and O–H groups in total. The highest BCUT2D eigenvalue weighted by Crippen LogP contribution is 2.24. The first-order chi connectivity index (χ1) is 8.07. The van der Waals surface area contributed by atoms with Gasteiger partial charge in [-0.25, -0.2) is 4.79 Å². The van der Waals surface area contributed by atoms with Crippen LogP contribution in [0.5, 0.6) is 0 Å². The monoisotopic (exact) mass is 249 g/mol. The third-order valence-corrected chi connectivity index (χ3v) is 2.88. The van der Waals surface area contributed by atoms with Gasteiger partial charge >= 0.3 is 6.09 Å². The maximum atomic E-state index is 11.8. The van der Waals surface area contributed by atoms with Crippen molar-refractivity contribution in [1.82, 2.24) is 4.90 Å². The van der Waals surface area contributed by atoms with Gasteiger partial charge in [-0.15, -0.1) is 0 Å². The van der Waals surface area contributed by atoms with Crippen molar-refractivity contribution in [2.45, 2.75) is 51.0 Å². The van der Waals surface area contributed by atoms with E-state index in [2.05, 4.69) is 0 Å². The molecule has 1 rings (SSSR count). The molecule has 0 atom stereocenters. The van der Waals surface area contributed by atoms with Crippen LogP contribution in [0.4, 0.5) is 4.79 Å². The van der Waals surface area contributed by atoms with Crippen LogP contribution >= 0.6 is 0 Å². The normalized spacial score (nSPS) is 18.8. The minimum absolute atomic E-state index is 0.253. The molecule has 1 fully saturated rings. The summed E-state index contributed by atoms with van der Waals surface area (Å²) in [6.07, 6.45) is 1.65. The highest BCUT2D eigenvalue weighted by Gasteiger charge is 2.28. The molecule has 1 saturated heterocycles. The van der Waals surface area contributed by atoms with Gasteiger partial charge in [-0.05, 0) is 51.4 Å². The Morgan fingerprint density at radius 1 is 1.33 bits per heavy atom. The van der Waals surface area contributed by atoms with E-state index in [1.165, 1.54) is 0 Å². The third kappa shape index (κ3) is 5.80. The van der Waals surface area contributed by atoms with Crippen molar-refractivity contribution >= 4 is 21.8 Å². The maximum Gasteiger partial charge on any atom is 0.410 e. The summed E-state index contributed by atoms with van der Waals surface area (Å²) in [5.74, 6) is 0.253. The Labute approximate surface area is 112 Å². The Balaban J connectivity index is 2.37. The number of carbonyl (C=O) groups is 1. The van der Waals surface area contributed by atoms with Crippen LogP contribution in [0.2, 0.25) is 0 Å². The van der Waals surface area contributed by atoms with Crippen molar-refractivity contribution in [3.8, 4) is 0 Å². The van der Waals surface area contributed by atoms with Gasteiger partial charge in [0.25, 0.3) is 0 Å². The number of carbonyl (C=O) groups excluding carboxylic acids is 1. The average Bonchev–Trinajstić information content (AvgIpc) is 2.13. The maximum absolute atomic E-state index is 11.8. The van der Waals surface area contributed by atoms with E-state index in [1.54, 1.807) is 4.90 Å². The molecule has 0 bridgehead atoms. The van der Waals surface area contributed by atoms with E-state index in [4.69, 9.17) is 20.4 Å². The van der Waals surface area contributed by atoms with E-state index < -0.39 is 11.0 Å². The van der Waals surface area contributed by atoms with Crippen molar-refractivity contribution in [3.05, 3.63) is 0 Å². The molecule has 1 heterocycles. The second kappa shape index (κ2) is 5.55. The van der Waals surface area contributed by atoms with E-state index in [9.17, 15) is 9.90 Å². The molecule has 4 nitrogen and oxygen atoms in total. The van der Waals surface area contributed by atoms with Crippen molar-refractivity contribution in [2.24, 2.45) is 5.92 Å². The lowest BCUT2D eigenvalue weighted by atomic mass is 9.60. The Morgan fingerprint density at radius 3 is 2.22 bits per heavy atom. The van der Waals surface area contributed by atoms with Gasteiger partial charge in [0, 0.05) is 13.1 Å². The number of likely N-dealkylation sites (tertiary alicyclic amines) is 1. The third-order valence-electron chi connectivity index (χ3n) is 2.88. The molecule has 0 spiro atoms. The Bertz CT molecular complexity index is 289. The van der Waals surface area contributed by atoms with Crippen molar-refractivity contribution in [2.75, 3.05) is 13.1 Å². The van der Waals surface area contributed by atoms with Gasteiger partial charge in [-0.1, -0.05) is 0 Å². The largest absolute Gasteiger partial charge is 0.444 e. The predicted molar refractivity (Wildman–Crippen MR) is 71.6 cm³/mol. The molecule has 1 aliphatic heterocycles. The fourth-order valence-corrected chi connectivity index (χ4v) is 2.11. The van der Waals surface area contributed by atoms with Crippen LogP contribution in [0.3, 0.4) is 0 Å². The standard InChI is InChI=1S/C12H21B2NO3/c1-11(2,3)18-10(16)15-6-4-9(5-7-15)8-12(13,14)17/h9,17H,4-8H2,1-3H3. The van der Waals surface area contributed by atoms with Gasteiger partial charge in [-0.2, -0.15) is 0 Å². The van der Waals surface area contributed by atoms with E-state index in [0.717, 1.165) is 12.8 Å². The molecule has 0 unspecified atom stereocenters.